The van der Waals surface area contributed by atoms with Crippen LogP contribution in [-0.4, -0.2) is 53.6 Å². The summed E-state index contributed by atoms with van der Waals surface area (Å²) in [6.45, 7) is 11.3. The van der Waals surface area contributed by atoms with E-state index in [2.05, 4.69) is 56.9 Å². The Morgan fingerprint density at radius 3 is 2.24 bits per heavy atom. The van der Waals surface area contributed by atoms with E-state index in [1.165, 1.54) is 11.1 Å². The van der Waals surface area contributed by atoms with Crippen molar-refractivity contribution in [1.29, 1.82) is 0 Å². The van der Waals surface area contributed by atoms with Crippen LogP contribution in [0.3, 0.4) is 0 Å². The van der Waals surface area contributed by atoms with Crippen molar-refractivity contribution in [3.8, 4) is 17.1 Å². The number of benzene rings is 2. The van der Waals surface area contributed by atoms with Crippen LogP contribution in [-0.2, 0) is 4.79 Å². The molecule has 4 rings (SSSR count). The number of hydrogen-bond donors (Lipinski definition) is 0. The quantitative estimate of drug-likeness (QED) is 0.556. The molecule has 1 aliphatic rings. The van der Waals surface area contributed by atoms with E-state index in [-0.39, 0.29) is 12.5 Å². The largest absolute Gasteiger partial charge is 0.484 e. The summed E-state index contributed by atoms with van der Waals surface area (Å²) in [5, 5.41) is 0. The van der Waals surface area contributed by atoms with Crippen LogP contribution in [0.4, 0.5) is 5.82 Å². The van der Waals surface area contributed by atoms with Crippen LogP contribution in [0, 0.1) is 13.8 Å². The summed E-state index contributed by atoms with van der Waals surface area (Å²) in [7, 11) is 0. The van der Waals surface area contributed by atoms with Gasteiger partial charge in [-0.15, -0.1) is 0 Å². The molecule has 0 radical (unpaired) electrons. The molecule has 1 aliphatic heterocycles. The number of aryl methyl sites for hydroxylation is 2. The number of carbonyl (C=O) groups is 1. The second-order valence-corrected chi connectivity index (χ2v) is 8.86. The van der Waals surface area contributed by atoms with Gasteiger partial charge in [-0.05, 0) is 31.9 Å². The molecule has 0 saturated carbocycles. The highest BCUT2D eigenvalue weighted by Crippen LogP contribution is 2.31. The Kier molecular flexibility index (Phi) is 6.92. The third kappa shape index (κ3) is 5.33. The number of anilines is 1. The van der Waals surface area contributed by atoms with E-state index >= 15 is 0 Å². The number of rotatable bonds is 6. The Labute approximate surface area is 196 Å². The lowest BCUT2D eigenvalue weighted by atomic mass is 10.0. The van der Waals surface area contributed by atoms with Crippen molar-refractivity contribution in [3.05, 3.63) is 71.4 Å². The molecule has 1 saturated heterocycles. The Balaban J connectivity index is 1.48. The maximum absolute atomic E-state index is 12.7. The minimum atomic E-state index is 0.0156. The fraction of sp³-hybridized carbons (Fsp3) is 0.370. The number of hydrogen-bond acceptors (Lipinski definition) is 5. The Morgan fingerprint density at radius 1 is 0.939 bits per heavy atom. The van der Waals surface area contributed by atoms with E-state index < -0.39 is 0 Å². The van der Waals surface area contributed by atoms with E-state index in [9.17, 15) is 4.79 Å². The number of ether oxygens (including phenoxy) is 1. The van der Waals surface area contributed by atoms with Gasteiger partial charge in [-0.25, -0.2) is 9.97 Å². The average molecular weight is 445 g/mol. The van der Waals surface area contributed by atoms with Crippen LogP contribution in [0.2, 0.25) is 0 Å². The van der Waals surface area contributed by atoms with E-state index in [1.54, 1.807) is 0 Å². The number of aromatic nitrogens is 2. The summed E-state index contributed by atoms with van der Waals surface area (Å²) >= 11 is 0. The van der Waals surface area contributed by atoms with Gasteiger partial charge in [0.05, 0.1) is 0 Å². The van der Waals surface area contributed by atoms with Gasteiger partial charge in [0.1, 0.15) is 11.6 Å². The molecule has 2 aromatic carbocycles. The SMILES string of the molecule is Cc1ccc(-c2nc(C)c(C(C)C)c(N3CCN(C(=O)COc4ccccc4)CC3)n2)cc1. The average Bonchev–Trinajstić information content (AvgIpc) is 2.83. The molecule has 3 aromatic rings. The van der Waals surface area contributed by atoms with E-state index in [0.717, 1.165) is 36.0 Å². The zero-order valence-corrected chi connectivity index (χ0v) is 19.9. The molecule has 172 valence electrons. The Hall–Kier alpha value is -3.41. The van der Waals surface area contributed by atoms with Crippen molar-refractivity contribution in [2.75, 3.05) is 37.7 Å². The fourth-order valence-corrected chi connectivity index (χ4v) is 4.24. The molecule has 0 N–H and O–H groups in total. The molecule has 0 spiro atoms. The van der Waals surface area contributed by atoms with Gasteiger partial charge < -0.3 is 14.5 Å². The van der Waals surface area contributed by atoms with Gasteiger partial charge in [0.15, 0.2) is 12.4 Å². The fourth-order valence-electron chi connectivity index (χ4n) is 4.24. The summed E-state index contributed by atoms with van der Waals surface area (Å²) in [6, 6.07) is 17.8. The number of carbonyl (C=O) groups excluding carboxylic acids is 1. The highest BCUT2D eigenvalue weighted by molar-refractivity contribution is 5.78. The highest BCUT2D eigenvalue weighted by atomic mass is 16.5. The van der Waals surface area contributed by atoms with Gasteiger partial charge in [-0.3, -0.25) is 4.79 Å². The molecular formula is C27H32N4O2. The van der Waals surface area contributed by atoms with Gasteiger partial charge in [-0.1, -0.05) is 61.9 Å². The second kappa shape index (κ2) is 10.0. The first kappa shape index (κ1) is 22.8. The van der Waals surface area contributed by atoms with Crippen molar-refractivity contribution >= 4 is 11.7 Å². The molecule has 0 aliphatic carbocycles. The first-order valence-electron chi connectivity index (χ1n) is 11.6. The Morgan fingerprint density at radius 2 is 1.61 bits per heavy atom. The third-order valence-corrected chi connectivity index (χ3v) is 6.04. The lowest BCUT2D eigenvalue weighted by Gasteiger charge is -2.37. The first-order chi connectivity index (χ1) is 15.9. The molecule has 6 heteroatoms. The maximum atomic E-state index is 12.7. The molecule has 33 heavy (non-hydrogen) atoms. The van der Waals surface area contributed by atoms with Crippen molar-refractivity contribution in [3.63, 3.8) is 0 Å². The lowest BCUT2D eigenvalue weighted by molar-refractivity contribution is -0.133. The van der Waals surface area contributed by atoms with E-state index in [1.807, 2.05) is 35.2 Å². The topological polar surface area (TPSA) is 58.6 Å². The summed E-state index contributed by atoms with van der Waals surface area (Å²) in [5.41, 5.74) is 4.43. The first-order valence-corrected chi connectivity index (χ1v) is 11.6. The van der Waals surface area contributed by atoms with Crippen LogP contribution in [0.5, 0.6) is 5.75 Å². The van der Waals surface area contributed by atoms with Crippen molar-refractivity contribution in [2.24, 2.45) is 0 Å². The van der Waals surface area contributed by atoms with Gasteiger partial charge >= 0.3 is 0 Å². The van der Waals surface area contributed by atoms with E-state index in [0.29, 0.717) is 24.8 Å². The minimum Gasteiger partial charge on any atom is -0.484 e. The summed E-state index contributed by atoms with van der Waals surface area (Å²) in [5.74, 6) is 2.78. The van der Waals surface area contributed by atoms with Gasteiger partial charge in [0.25, 0.3) is 5.91 Å². The normalized spacial score (nSPS) is 14.0. The monoisotopic (exact) mass is 444 g/mol. The molecule has 1 fully saturated rings. The van der Waals surface area contributed by atoms with Crippen molar-refractivity contribution in [1.82, 2.24) is 14.9 Å². The number of piperazine rings is 1. The molecule has 0 bridgehead atoms. The zero-order chi connectivity index (χ0) is 23.4. The number of amides is 1. The van der Waals surface area contributed by atoms with Crippen LogP contribution in [0.15, 0.2) is 54.6 Å². The molecule has 0 unspecified atom stereocenters. The van der Waals surface area contributed by atoms with Crippen molar-refractivity contribution in [2.45, 2.75) is 33.6 Å². The summed E-state index contributed by atoms with van der Waals surface area (Å²) in [6.07, 6.45) is 0. The predicted octanol–water partition coefficient (Wildman–Crippen LogP) is 4.61. The minimum absolute atomic E-state index is 0.0156. The second-order valence-electron chi connectivity index (χ2n) is 8.86. The van der Waals surface area contributed by atoms with Crippen LogP contribution in [0.25, 0.3) is 11.4 Å². The summed E-state index contributed by atoms with van der Waals surface area (Å²) < 4.78 is 5.65. The van der Waals surface area contributed by atoms with Crippen molar-refractivity contribution < 1.29 is 9.53 Å². The van der Waals surface area contributed by atoms with Crippen LogP contribution < -0.4 is 9.64 Å². The van der Waals surface area contributed by atoms with Gasteiger partial charge in [0.2, 0.25) is 0 Å². The predicted molar refractivity (Wildman–Crippen MR) is 132 cm³/mol. The maximum Gasteiger partial charge on any atom is 0.260 e. The third-order valence-electron chi connectivity index (χ3n) is 6.04. The lowest BCUT2D eigenvalue weighted by Crippen LogP contribution is -2.50. The summed E-state index contributed by atoms with van der Waals surface area (Å²) in [4.78, 5) is 26.7. The number of nitrogens with zero attached hydrogens (tertiary/aromatic N) is 4. The van der Waals surface area contributed by atoms with Gasteiger partial charge in [-0.2, -0.15) is 0 Å². The van der Waals surface area contributed by atoms with Crippen LogP contribution >= 0.6 is 0 Å². The standard InChI is InChI=1S/C27H32N4O2/c1-19(2)25-21(4)28-26(22-12-10-20(3)11-13-22)29-27(25)31-16-14-30(15-17-31)24(32)18-33-23-8-6-5-7-9-23/h5-13,19H,14-18H2,1-4H3. The molecular weight excluding hydrogens is 412 g/mol. The zero-order valence-electron chi connectivity index (χ0n) is 19.9. The highest BCUT2D eigenvalue weighted by Gasteiger charge is 2.26. The van der Waals surface area contributed by atoms with Gasteiger partial charge in [0, 0.05) is 43.0 Å². The van der Waals surface area contributed by atoms with E-state index in [4.69, 9.17) is 14.7 Å². The Bertz CT molecular complexity index is 1090. The molecule has 1 aromatic heterocycles. The smallest absolute Gasteiger partial charge is 0.260 e. The molecule has 0 atom stereocenters. The number of para-hydroxylation sites is 1. The molecule has 2 heterocycles. The molecule has 1 amide bonds. The molecule has 6 nitrogen and oxygen atoms in total. The van der Waals surface area contributed by atoms with Crippen LogP contribution in [0.1, 0.15) is 36.6 Å².